The van der Waals surface area contributed by atoms with Crippen LogP contribution in [0.25, 0.3) is 0 Å². The number of aliphatic hydroxyl groups excluding tert-OH is 1. The van der Waals surface area contributed by atoms with Gasteiger partial charge in [-0.25, -0.2) is 4.79 Å². The second kappa shape index (κ2) is 7.76. The molecule has 2 aromatic carbocycles. The van der Waals surface area contributed by atoms with Gasteiger partial charge < -0.3 is 15.2 Å². The van der Waals surface area contributed by atoms with E-state index in [1.54, 1.807) is 36.4 Å². The van der Waals surface area contributed by atoms with Crippen LogP contribution in [-0.2, 0) is 16.1 Å². The molecule has 0 unspecified atom stereocenters. The first kappa shape index (κ1) is 17.0. The number of hydrogen-bond donors (Lipinski definition) is 2. The monoisotopic (exact) mass is 333 g/mol. The molecule has 2 rings (SSSR count). The zero-order valence-electron chi connectivity index (χ0n) is 12.5. The van der Waals surface area contributed by atoms with E-state index in [2.05, 4.69) is 5.32 Å². The van der Waals surface area contributed by atoms with Crippen LogP contribution in [0.3, 0.4) is 0 Å². The molecule has 120 valence electrons. The lowest BCUT2D eigenvalue weighted by molar-refractivity contribution is -0.123. The number of benzene rings is 2. The molecule has 0 aromatic heterocycles. The van der Waals surface area contributed by atoms with Crippen molar-refractivity contribution in [1.29, 1.82) is 0 Å². The van der Waals surface area contributed by atoms with Crippen LogP contribution in [0.1, 0.15) is 22.8 Å². The van der Waals surface area contributed by atoms with E-state index in [-0.39, 0.29) is 6.61 Å². The van der Waals surface area contributed by atoms with Crippen LogP contribution in [0, 0.1) is 0 Å². The summed E-state index contributed by atoms with van der Waals surface area (Å²) in [5.41, 5.74) is 1.52. The summed E-state index contributed by atoms with van der Waals surface area (Å²) in [5, 5.41) is 12.1. The summed E-state index contributed by atoms with van der Waals surface area (Å²) in [4.78, 5) is 24.0. The highest BCUT2D eigenvalue weighted by Gasteiger charge is 2.19. The maximum absolute atomic E-state index is 12.0. The molecule has 0 saturated heterocycles. The molecule has 0 radical (unpaired) electrons. The van der Waals surface area contributed by atoms with Crippen LogP contribution >= 0.6 is 11.6 Å². The molecule has 0 bridgehead atoms. The lowest BCUT2D eigenvalue weighted by Gasteiger charge is -2.13. The molecule has 2 aromatic rings. The molecule has 6 heteroatoms. The highest BCUT2D eigenvalue weighted by molar-refractivity contribution is 6.30. The molecule has 0 fully saturated rings. The zero-order chi connectivity index (χ0) is 16.8. The van der Waals surface area contributed by atoms with Gasteiger partial charge in [-0.05, 0) is 42.8 Å². The number of esters is 1. The number of ether oxygens (including phenoxy) is 1. The Bertz CT molecular complexity index is 700. The fraction of sp³-hybridized carbons (Fsp3) is 0.176. The van der Waals surface area contributed by atoms with Gasteiger partial charge in [-0.1, -0.05) is 29.8 Å². The van der Waals surface area contributed by atoms with Gasteiger partial charge in [-0.15, -0.1) is 0 Å². The summed E-state index contributed by atoms with van der Waals surface area (Å²) in [7, 11) is 0. The Morgan fingerprint density at radius 1 is 1.22 bits per heavy atom. The van der Waals surface area contributed by atoms with Crippen LogP contribution < -0.4 is 5.32 Å². The Balaban J connectivity index is 1.95. The Morgan fingerprint density at radius 2 is 1.91 bits per heavy atom. The van der Waals surface area contributed by atoms with Crippen molar-refractivity contribution >= 4 is 29.2 Å². The fourth-order valence-corrected chi connectivity index (χ4v) is 2.03. The van der Waals surface area contributed by atoms with E-state index in [1.165, 1.54) is 19.1 Å². The average Bonchev–Trinajstić information content (AvgIpc) is 2.54. The van der Waals surface area contributed by atoms with E-state index in [4.69, 9.17) is 21.4 Å². The van der Waals surface area contributed by atoms with Crippen molar-refractivity contribution in [3.8, 4) is 0 Å². The maximum atomic E-state index is 12.0. The molecule has 1 amide bonds. The van der Waals surface area contributed by atoms with Crippen LogP contribution in [0.2, 0.25) is 5.02 Å². The van der Waals surface area contributed by atoms with Crippen molar-refractivity contribution in [1.82, 2.24) is 0 Å². The lowest BCUT2D eigenvalue weighted by atomic mass is 10.1. The predicted molar refractivity (Wildman–Crippen MR) is 87.3 cm³/mol. The molecule has 0 spiro atoms. The number of nitrogens with one attached hydrogen (secondary N) is 1. The number of amides is 1. The van der Waals surface area contributed by atoms with Crippen molar-refractivity contribution in [2.45, 2.75) is 19.6 Å². The smallest absolute Gasteiger partial charge is 0.338 e. The van der Waals surface area contributed by atoms with Gasteiger partial charge in [0.2, 0.25) is 0 Å². The molecule has 5 nitrogen and oxygen atoms in total. The maximum Gasteiger partial charge on any atom is 0.338 e. The van der Waals surface area contributed by atoms with Crippen molar-refractivity contribution in [3.63, 3.8) is 0 Å². The molecular formula is C17H16ClNO4. The van der Waals surface area contributed by atoms with Crippen molar-refractivity contribution in [3.05, 3.63) is 64.7 Å². The van der Waals surface area contributed by atoms with Crippen molar-refractivity contribution < 1.29 is 19.4 Å². The number of halogens is 1. The summed E-state index contributed by atoms with van der Waals surface area (Å²) >= 11 is 5.84. The Kier molecular flexibility index (Phi) is 5.73. The second-order valence-electron chi connectivity index (χ2n) is 4.90. The fourth-order valence-electron chi connectivity index (χ4n) is 1.84. The van der Waals surface area contributed by atoms with Crippen LogP contribution in [0.15, 0.2) is 48.5 Å². The van der Waals surface area contributed by atoms with E-state index in [0.717, 1.165) is 0 Å². The van der Waals surface area contributed by atoms with Gasteiger partial charge in [0.05, 0.1) is 12.2 Å². The van der Waals surface area contributed by atoms with Gasteiger partial charge >= 0.3 is 5.97 Å². The first-order valence-electron chi connectivity index (χ1n) is 6.97. The third-order valence-corrected chi connectivity index (χ3v) is 3.35. The minimum absolute atomic E-state index is 0.103. The highest BCUT2D eigenvalue weighted by atomic mass is 35.5. The van der Waals surface area contributed by atoms with E-state index in [0.29, 0.717) is 21.8 Å². The largest absolute Gasteiger partial charge is 0.449 e. The van der Waals surface area contributed by atoms with Gasteiger partial charge in [-0.2, -0.15) is 0 Å². The number of hydrogen-bond acceptors (Lipinski definition) is 4. The number of aliphatic hydroxyl groups is 1. The number of carbonyl (C=O) groups is 2. The first-order valence-corrected chi connectivity index (χ1v) is 7.34. The van der Waals surface area contributed by atoms with E-state index in [9.17, 15) is 9.59 Å². The van der Waals surface area contributed by atoms with E-state index >= 15 is 0 Å². The van der Waals surface area contributed by atoms with Gasteiger partial charge in [0.1, 0.15) is 0 Å². The molecule has 0 aliphatic heterocycles. The van der Waals surface area contributed by atoms with Gasteiger partial charge in [0.25, 0.3) is 5.91 Å². The summed E-state index contributed by atoms with van der Waals surface area (Å²) in [6, 6.07) is 13.0. The van der Waals surface area contributed by atoms with E-state index < -0.39 is 18.0 Å². The van der Waals surface area contributed by atoms with Gasteiger partial charge in [0.15, 0.2) is 6.10 Å². The second-order valence-corrected chi connectivity index (χ2v) is 5.34. The molecule has 0 aliphatic carbocycles. The molecule has 0 aliphatic rings. The summed E-state index contributed by atoms with van der Waals surface area (Å²) < 4.78 is 5.13. The zero-order valence-corrected chi connectivity index (χ0v) is 13.2. The SMILES string of the molecule is C[C@H](OC(=O)c1ccc(CO)cc1)C(=O)Nc1cccc(Cl)c1. The van der Waals surface area contributed by atoms with Gasteiger partial charge in [-0.3, -0.25) is 4.79 Å². The van der Waals surface area contributed by atoms with Gasteiger partial charge in [0, 0.05) is 10.7 Å². The lowest BCUT2D eigenvalue weighted by Crippen LogP contribution is -2.30. The van der Waals surface area contributed by atoms with Crippen LogP contribution in [0.4, 0.5) is 5.69 Å². The Labute approximate surface area is 138 Å². The number of rotatable bonds is 5. The number of carbonyl (C=O) groups excluding carboxylic acids is 2. The highest BCUT2D eigenvalue weighted by Crippen LogP contribution is 2.15. The van der Waals surface area contributed by atoms with Crippen molar-refractivity contribution in [2.75, 3.05) is 5.32 Å². The molecule has 0 saturated carbocycles. The molecule has 23 heavy (non-hydrogen) atoms. The summed E-state index contributed by atoms with van der Waals surface area (Å²) in [5.74, 6) is -1.06. The minimum Gasteiger partial charge on any atom is -0.449 e. The quantitative estimate of drug-likeness (QED) is 0.825. The molecule has 2 N–H and O–H groups in total. The Hall–Kier alpha value is -2.37. The van der Waals surface area contributed by atoms with E-state index in [1.807, 2.05) is 0 Å². The van der Waals surface area contributed by atoms with Crippen LogP contribution in [-0.4, -0.2) is 23.1 Å². The summed E-state index contributed by atoms with van der Waals surface area (Å²) in [6.07, 6.45) is -0.959. The normalized spacial score (nSPS) is 11.6. The number of anilines is 1. The first-order chi connectivity index (χ1) is 11.0. The summed E-state index contributed by atoms with van der Waals surface area (Å²) in [6.45, 7) is 1.38. The Morgan fingerprint density at radius 3 is 2.52 bits per heavy atom. The third kappa shape index (κ3) is 4.81. The van der Waals surface area contributed by atoms with Crippen LogP contribution in [0.5, 0.6) is 0 Å². The molecule has 0 heterocycles. The molecule has 1 atom stereocenters. The molecular weight excluding hydrogens is 318 g/mol. The topological polar surface area (TPSA) is 75.6 Å². The minimum atomic E-state index is -0.959. The third-order valence-electron chi connectivity index (χ3n) is 3.12. The predicted octanol–water partition coefficient (Wildman–Crippen LogP) is 3.02. The van der Waals surface area contributed by atoms with Crippen molar-refractivity contribution in [2.24, 2.45) is 0 Å². The average molecular weight is 334 g/mol. The standard InChI is InChI=1S/C17H16ClNO4/c1-11(16(21)19-15-4-2-3-14(18)9-15)23-17(22)13-7-5-12(10-20)6-8-13/h2-9,11,20H,10H2,1H3,(H,19,21)/t11-/m0/s1.